The third-order valence-corrected chi connectivity index (χ3v) is 4.31. The van der Waals surface area contributed by atoms with Crippen LogP contribution >= 0.6 is 0 Å². The lowest BCUT2D eigenvalue weighted by molar-refractivity contribution is 0.110. The molecule has 0 spiro atoms. The van der Waals surface area contributed by atoms with Gasteiger partial charge in [0.25, 0.3) is 0 Å². The highest BCUT2D eigenvalue weighted by atomic mass is 16.5. The number of rotatable bonds is 13. The number of anilines is 1. The molecule has 0 radical (unpaired) electrons. The van der Waals surface area contributed by atoms with Crippen LogP contribution in [0.25, 0.3) is 0 Å². The van der Waals surface area contributed by atoms with E-state index in [-0.39, 0.29) is 0 Å². The van der Waals surface area contributed by atoms with Crippen LogP contribution in [0.3, 0.4) is 0 Å². The molecule has 0 aliphatic rings. The highest BCUT2D eigenvalue weighted by Crippen LogP contribution is 2.18. The van der Waals surface area contributed by atoms with E-state index in [4.69, 9.17) is 18.9 Å². The van der Waals surface area contributed by atoms with E-state index < -0.39 is 0 Å². The first-order valence-corrected chi connectivity index (χ1v) is 10.3. The second-order valence-electron chi connectivity index (χ2n) is 6.58. The molecule has 0 amide bonds. The van der Waals surface area contributed by atoms with Crippen LogP contribution in [0.4, 0.5) is 5.69 Å². The average molecular weight is 408 g/mol. The Bertz CT molecular complexity index is 853. The molecule has 3 aromatic rings. The fourth-order valence-corrected chi connectivity index (χ4v) is 2.82. The minimum Gasteiger partial charge on any atom is -0.491 e. The lowest BCUT2D eigenvalue weighted by Crippen LogP contribution is -2.09. The minimum atomic E-state index is 0.497. The molecule has 0 heterocycles. The summed E-state index contributed by atoms with van der Waals surface area (Å²) in [5.74, 6) is 2.53. The zero-order valence-electron chi connectivity index (χ0n) is 17.4. The second-order valence-corrected chi connectivity index (χ2v) is 6.58. The molecule has 0 saturated heterocycles. The molecule has 0 unspecified atom stereocenters. The van der Waals surface area contributed by atoms with Gasteiger partial charge in [-0.3, -0.25) is 0 Å². The van der Waals surface area contributed by atoms with Crippen molar-refractivity contribution in [2.45, 2.75) is 13.5 Å². The number of para-hydroxylation sites is 1. The summed E-state index contributed by atoms with van der Waals surface area (Å²) in [4.78, 5) is 0. The molecule has 0 aliphatic heterocycles. The predicted molar refractivity (Wildman–Crippen MR) is 120 cm³/mol. The van der Waals surface area contributed by atoms with Gasteiger partial charge >= 0.3 is 0 Å². The largest absolute Gasteiger partial charge is 0.491 e. The first kappa shape index (κ1) is 21.5. The Labute approximate surface area is 178 Å². The Morgan fingerprint density at radius 1 is 0.633 bits per heavy atom. The van der Waals surface area contributed by atoms with Crippen LogP contribution in [0.15, 0.2) is 78.9 Å². The molecule has 0 atom stereocenters. The molecule has 30 heavy (non-hydrogen) atoms. The Hall–Kier alpha value is -3.18. The van der Waals surface area contributed by atoms with Gasteiger partial charge in [-0.2, -0.15) is 0 Å². The number of benzene rings is 3. The fraction of sp³-hybridized carbons (Fsp3) is 0.280. The molecule has 3 rings (SSSR count). The molecule has 0 aliphatic carbocycles. The highest BCUT2D eigenvalue weighted by molar-refractivity contribution is 5.47. The van der Waals surface area contributed by atoms with Gasteiger partial charge < -0.3 is 24.3 Å². The molecule has 0 saturated carbocycles. The number of hydrogen-bond acceptors (Lipinski definition) is 5. The van der Waals surface area contributed by atoms with Gasteiger partial charge in [0.2, 0.25) is 0 Å². The van der Waals surface area contributed by atoms with E-state index in [9.17, 15) is 0 Å². The molecular weight excluding hydrogens is 378 g/mol. The smallest absolute Gasteiger partial charge is 0.122 e. The molecule has 3 aromatic carbocycles. The van der Waals surface area contributed by atoms with E-state index in [1.165, 1.54) is 0 Å². The maximum Gasteiger partial charge on any atom is 0.122 e. The SMILES string of the molecule is CCOCCOc1ccc(NCc2cccc(OCCOc3ccccc3)c2)cc1. The first-order valence-electron chi connectivity index (χ1n) is 10.3. The lowest BCUT2D eigenvalue weighted by Gasteiger charge is -2.11. The minimum absolute atomic E-state index is 0.497. The van der Waals surface area contributed by atoms with Crippen molar-refractivity contribution < 1.29 is 18.9 Å². The molecule has 5 heteroatoms. The summed E-state index contributed by atoms with van der Waals surface area (Å²) in [6.07, 6.45) is 0. The van der Waals surface area contributed by atoms with E-state index in [2.05, 4.69) is 11.4 Å². The van der Waals surface area contributed by atoms with Crippen LogP contribution in [0.2, 0.25) is 0 Å². The summed E-state index contributed by atoms with van der Waals surface area (Å²) in [6.45, 7) is 5.56. The van der Waals surface area contributed by atoms with Gasteiger partial charge in [-0.05, 0) is 61.0 Å². The molecule has 0 bridgehead atoms. The van der Waals surface area contributed by atoms with Gasteiger partial charge in [-0.1, -0.05) is 30.3 Å². The van der Waals surface area contributed by atoms with Gasteiger partial charge in [-0.15, -0.1) is 0 Å². The fourth-order valence-electron chi connectivity index (χ4n) is 2.82. The Morgan fingerprint density at radius 2 is 1.27 bits per heavy atom. The molecule has 0 fully saturated rings. The molecular formula is C25H29NO4. The Balaban J connectivity index is 1.39. The molecule has 1 N–H and O–H groups in total. The quantitative estimate of drug-likeness (QED) is 0.396. The number of hydrogen-bond donors (Lipinski definition) is 1. The summed E-state index contributed by atoms with van der Waals surface area (Å²) in [6, 6.07) is 25.8. The van der Waals surface area contributed by atoms with E-state index in [1.54, 1.807) is 0 Å². The zero-order valence-corrected chi connectivity index (χ0v) is 17.4. The number of nitrogens with one attached hydrogen (secondary N) is 1. The van der Waals surface area contributed by atoms with E-state index in [0.29, 0.717) is 39.6 Å². The second kappa shape index (κ2) is 12.4. The van der Waals surface area contributed by atoms with E-state index in [0.717, 1.165) is 28.5 Å². The van der Waals surface area contributed by atoms with Crippen molar-refractivity contribution in [3.63, 3.8) is 0 Å². The molecule has 158 valence electrons. The van der Waals surface area contributed by atoms with Crippen molar-refractivity contribution in [2.24, 2.45) is 0 Å². The third kappa shape index (κ3) is 7.68. The summed E-state index contributed by atoms with van der Waals surface area (Å²) in [7, 11) is 0. The van der Waals surface area contributed by atoms with Crippen LogP contribution in [-0.4, -0.2) is 33.0 Å². The van der Waals surface area contributed by atoms with Crippen molar-refractivity contribution >= 4 is 5.69 Å². The summed E-state index contributed by atoms with van der Waals surface area (Å²) >= 11 is 0. The zero-order chi connectivity index (χ0) is 20.9. The van der Waals surface area contributed by atoms with Crippen LogP contribution < -0.4 is 19.5 Å². The monoisotopic (exact) mass is 407 g/mol. The van der Waals surface area contributed by atoms with Gasteiger partial charge in [0.05, 0.1) is 6.61 Å². The maximum atomic E-state index is 5.81. The van der Waals surface area contributed by atoms with Gasteiger partial charge in [0.15, 0.2) is 0 Å². The van der Waals surface area contributed by atoms with Gasteiger partial charge in [0.1, 0.15) is 37.1 Å². The van der Waals surface area contributed by atoms with Crippen molar-refractivity contribution in [1.82, 2.24) is 0 Å². The Kier molecular flexibility index (Phi) is 8.90. The van der Waals surface area contributed by atoms with Crippen LogP contribution in [0.1, 0.15) is 12.5 Å². The van der Waals surface area contributed by atoms with Gasteiger partial charge in [0, 0.05) is 18.8 Å². The molecule has 5 nitrogen and oxygen atoms in total. The lowest BCUT2D eigenvalue weighted by atomic mass is 10.2. The predicted octanol–water partition coefficient (Wildman–Crippen LogP) is 5.17. The van der Waals surface area contributed by atoms with Crippen LogP contribution in [-0.2, 0) is 11.3 Å². The van der Waals surface area contributed by atoms with Crippen LogP contribution in [0, 0.1) is 0 Å². The number of ether oxygens (including phenoxy) is 4. The van der Waals surface area contributed by atoms with Crippen LogP contribution in [0.5, 0.6) is 17.2 Å². The normalized spacial score (nSPS) is 10.4. The summed E-state index contributed by atoms with van der Waals surface area (Å²) < 4.78 is 22.4. The van der Waals surface area contributed by atoms with E-state index >= 15 is 0 Å². The topological polar surface area (TPSA) is 49.0 Å². The van der Waals surface area contributed by atoms with E-state index in [1.807, 2.05) is 79.7 Å². The van der Waals surface area contributed by atoms with Crippen molar-refractivity contribution in [1.29, 1.82) is 0 Å². The standard InChI is InChI=1S/C25H29NO4/c1-2-27-15-16-28-24-13-11-22(12-14-24)26-20-21-7-6-10-25(19-21)30-18-17-29-23-8-4-3-5-9-23/h3-14,19,26H,2,15-18,20H2,1H3. The van der Waals surface area contributed by atoms with Crippen molar-refractivity contribution in [2.75, 3.05) is 38.4 Å². The summed E-state index contributed by atoms with van der Waals surface area (Å²) in [5, 5.41) is 3.42. The molecule has 0 aromatic heterocycles. The third-order valence-electron chi connectivity index (χ3n) is 4.31. The van der Waals surface area contributed by atoms with Crippen molar-refractivity contribution in [3.8, 4) is 17.2 Å². The summed E-state index contributed by atoms with van der Waals surface area (Å²) in [5.41, 5.74) is 2.18. The van der Waals surface area contributed by atoms with Crippen molar-refractivity contribution in [3.05, 3.63) is 84.4 Å². The Morgan fingerprint density at radius 3 is 2.00 bits per heavy atom. The maximum absolute atomic E-state index is 5.81. The highest BCUT2D eigenvalue weighted by Gasteiger charge is 2.00. The first-order chi connectivity index (χ1) is 14.8. The average Bonchev–Trinajstić information content (AvgIpc) is 2.80. The van der Waals surface area contributed by atoms with Gasteiger partial charge in [-0.25, -0.2) is 0 Å².